The van der Waals surface area contributed by atoms with Crippen molar-refractivity contribution in [2.24, 2.45) is 0 Å². The molecule has 0 aliphatic rings. The van der Waals surface area contributed by atoms with Gasteiger partial charge in [-0.15, -0.1) is 10.2 Å². The molecular weight excluding hydrogens is 380 g/mol. The van der Waals surface area contributed by atoms with Crippen LogP contribution < -0.4 is 15.4 Å². The third-order valence-corrected chi connectivity index (χ3v) is 4.35. The highest BCUT2D eigenvalue weighted by atomic mass is 16.5. The van der Waals surface area contributed by atoms with Gasteiger partial charge >= 0.3 is 6.03 Å². The minimum absolute atomic E-state index is 0.311. The standard InChI is InChI=1S/C22H20N6O2/c1-2-16-3-5-17(6-4-16)24-22(29)25-18-7-9-19(10-8-18)30-21-12-11-20(26-27-21)28-14-13-23-15-28/h3-15H,2H2,1H3,(H2,24,25,29). The van der Waals surface area contributed by atoms with Gasteiger partial charge in [0.15, 0.2) is 5.82 Å². The topological polar surface area (TPSA) is 94.0 Å². The van der Waals surface area contributed by atoms with Crippen LogP contribution in [0, 0.1) is 0 Å². The Labute approximate surface area is 173 Å². The molecule has 2 amide bonds. The summed E-state index contributed by atoms with van der Waals surface area (Å²) in [5.41, 5.74) is 2.60. The highest BCUT2D eigenvalue weighted by Gasteiger charge is 2.05. The third kappa shape index (κ3) is 4.79. The SMILES string of the molecule is CCc1ccc(NC(=O)Nc2ccc(Oc3ccc(-n4ccnc4)nn3)cc2)cc1. The average molecular weight is 400 g/mol. The number of aryl methyl sites for hydroxylation is 1. The number of hydrogen-bond donors (Lipinski definition) is 2. The molecule has 0 saturated heterocycles. The van der Waals surface area contributed by atoms with Crippen molar-refractivity contribution in [1.29, 1.82) is 0 Å². The van der Waals surface area contributed by atoms with Crippen molar-refractivity contribution in [3.63, 3.8) is 0 Å². The predicted molar refractivity (Wildman–Crippen MR) is 114 cm³/mol. The van der Waals surface area contributed by atoms with Gasteiger partial charge in [0.25, 0.3) is 0 Å². The first-order chi connectivity index (χ1) is 14.7. The molecule has 4 aromatic rings. The number of urea groups is 1. The Kier molecular flexibility index (Phi) is 5.66. The molecular formula is C22H20N6O2. The number of imidazole rings is 1. The van der Waals surface area contributed by atoms with Gasteiger partial charge in [-0.05, 0) is 54.4 Å². The number of anilines is 2. The molecule has 2 aromatic heterocycles. The summed E-state index contributed by atoms with van der Waals surface area (Å²) in [6, 6.07) is 18.0. The summed E-state index contributed by atoms with van der Waals surface area (Å²) in [5, 5.41) is 13.8. The van der Waals surface area contributed by atoms with E-state index >= 15 is 0 Å². The van der Waals surface area contributed by atoms with Crippen LogP contribution in [0.1, 0.15) is 12.5 Å². The zero-order valence-corrected chi connectivity index (χ0v) is 16.3. The maximum atomic E-state index is 12.2. The zero-order chi connectivity index (χ0) is 20.8. The highest BCUT2D eigenvalue weighted by Crippen LogP contribution is 2.21. The number of benzene rings is 2. The van der Waals surface area contributed by atoms with Crippen molar-refractivity contribution < 1.29 is 9.53 Å². The molecule has 150 valence electrons. The van der Waals surface area contributed by atoms with Gasteiger partial charge in [0, 0.05) is 29.8 Å². The number of hydrogen-bond acceptors (Lipinski definition) is 5. The quantitative estimate of drug-likeness (QED) is 0.491. The Hall–Kier alpha value is -4.20. The molecule has 0 aliphatic carbocycles. The number of nitrogens with zero attached hydrogens (tertiary/aromatic N) is 4. The van der Waals surface area contributed by atoms with Crippen molar-refractivity contribution in [1.82, 2.24) is 19.7 Å². The fourth-order valence-corrected chi connectivity index (χ4v) is 2.74. The van der Waals surface area contributed by atoms with Crippen LogP contribution in [0.25, 0.3) is 5.82 Å². The van der Waals surface area contributed by atoms with Gasteiger partial charge in [-0.3, -0.25) is 4.57 Å². The van der Waals surface area contributed by atoms with E-state index in [9.17, 15) is 4.79 Å². The fraction of sp³-hybridized carbons (Fsp3) is 0.0909. The lowest BCUT2D eigenvalue weighted by Crippen LogP contribution is -2.19. The van der Waals surface area contributed by atoms with Crippen molar-refractivity contribution in [2.75, 3.05) is 10.6 Å². The lowest BCUT2D eigenvalue weighted by Gasteiger charge is -2.09. The average Bonchev–Trinajstić information content (AvgIpc) is 3.31. The molecule has 30 heavy (non-hydrogen) atoms. The first-order valence-electron chi connectivity index (χ1n) is 9.46. The number of carbonyl (C=O) groups is 1. The van der Waals surface area contributed by atoms with Crippen LogP contribution in [0.15, 0.2) is 79.4 Å². The van der Waals surface area contributed by atoms with Crippen molar-refractivity contribution >= 4 is 17.4 Å². The number of nitrogens with one attached hydrogen (secondary N) is 2. The number of carbonyl (C=O) groups excluding carboxylic acids is 1. The molecule has 0 saturated carbocycles. The number of aromatic nitrogens is 4. The Morgan fingerprint density at radius 3 is 2.20 bits per heavy atom. The van der Waals surface area contributed by atoms with E-state index in [-0.39, 0.29) is 6.03 Å². The van der Waals surface area contributed by atoms with Crippen LogP contribution >= 0.6 is 0 Å². The minimum Gasteiger partial charge on any atom is -0.438 e. The van der Waals surface area contributed by atoms with Crippen molar-refractivity contribution in [2.45, 2.75) is 13.3 Å². The Morgan fingerprint density at radius 2 is 1.63 bits per heavy atom. The largest absolute Gasteiger partial charge is 0.438 e. The molecule has 8 heteroatoms. The van der Waals surface area contributed by atoms with Gasteiger partial charge in [-0.2, -0.15) is 0 Å². The smallest absolute Gasteiger partial charge is 0.323 e. The highest BCUT2D eigenvalue weighted by molar-refractivity contribution is 5.99. The number of ether oxygens (including phenoxy) is 1. The molecule has 0 aliphatic heterocycles. The first kappa shape index (κ1) is 19.1. The van der Waals surface area contributed by atoms with Crippen molar-refractivity contribution in [3.8, 4) is 17.4 Å². The molecule has 0 fully saturated rings. The van der Waals surface area contributed by atoms with Gasteiger partial charge in [0.05, 0.1) is 0 Å². The second kappa shape index (κ2) is 8.87. The summed E-state index contributed by atoms with van der Waals surface area (Å²) in [5.74, 6) is 1.60. The monoisotopic (exact) mass is 400 g/mol. The van der Waals surface area contributed by atoms with Crippen LogP contribution in [-0.2, 0) is 6.42 Å². The van der Waals surface area contributed by atoms with Crippen LogP contribution in [0.4, 0.5) is 16.2 Å². The molecule has 4 rings (SSSR count). The maximum Gasteiger partial charge on any atom is 0.323 e. The molecule has 0 bridgehead atoms. The summed E-state index contributed by atoms with van der Waals surface area (Å²) in [6.07, 6.45) is 6.06. The lowest BCUT2D eigenvalue weighted by molar-refractivity contribution is 0.262. The van der Waals surface area contributed by atoms with Crippen LogP contribution in [0.3, 0.4) is 0 Å². The Morgan fingerprint density at radius 1 is 0.933 bits per heavy atom. The van der Waals surface area contributed by atoms with Gasteiger partial charge in [-0.25, -0.2) is 9.78 Å². The van der Waals surface area contributed by atoms with Gasteiger partial charge in [0.2, 0.25) is 5.88 Å². The molecule has 0 unspecified atom stereocenters. The maximum absolute atomic E-state index is 12.2. The summed E-state index contributed by atoms with van der Waals surface area (Å²) in [7, 11) is 0. The zero-order valence-electron chi connectivity index (χ0n) is 16.3. The van der Waals surface area contributed by atoms with Gasteiger partial charge in [0.1, 0.15) is 12.1 Å². The van der Waals surface area contributed by atoms with Crippen LogP contribution in [-0.4, -0.2) is 25.8 Å². The summed E-state index contributed by atoms with van der Waals surface area (Å²) in [4.78, 5) is 16.1. The van der Waals surface area contributed by atoms with E-state index in [4.69, 9.17) is 4.74 Å². The van der Waals surface area contributed by atoms with E-state index in [0.29, 0.717) is 23.1 Å². The Balaban J connectivity index is 1.32. The van der Waals surface area contributed by atoms with Gasteiger partial charge < -0.3 is 15.4 Å². The molecule has 2 aromatic carbocycles. The minimum atomic E-state index is -0.311. The van der Waals surface area contributed by atoms with E-state index in [0.717, 1.165) is 12.1 Å². The number of amides is 2. The van der Waals surface area contributed by atoms with Crippen molar-refractivity contribution in [3.05, 3.63) is 84.9 Å². The third-order valence-electron chi connectivity index (χ3n) is 4.35. The normalized spacial score (nSPS) is 10.4. The lowest BCUT2D eigenvalue weighted by atomic mass is 10.1. The molecule has 0 atom stereocenters. The number of rotatable bonds is 6. The van der Waals surface area contributed by atoms with E-state index < -0.39 is 0 Å². The molecule has 0 radical (unpaired) electrons. The van der Waals surface area contributed by atoms with E-state index in [1.807, 2.05) is 24.3 Å². The molecule has 2 N–H and O–H groups in total. The predicted octanol–water partition coefficient (Wildman–Crippen LogP) is 4.66. The fourth-order valence-electron chi connectivity index (χ4n) is 2.74. The first-order valence-corrected chi connectivity index (χ1v) is 9.46. The second-order valence-electron chi connectivity index (χ2n) is 6.46. The molecule has 8 nitrogen and oxygen atoms in total. The van der Waals surface area contributed by atoms with Gasteiger partial charge in [-0.1, -0.05) is 19.1 Å². The molecule has 2 heterocycles. The van der Waals surface area contributed by atoms with Crippen LogP contribution in [0.5, 0.6) is 11.6 Å². The van der Waals surface area contributed by atoms with E-state index in [1.54, 1.807) is 59.7 Å². The van der Waals surface area contributed by atoms with E-state index in [1.165, 1.54) is 5.56 Å². The molecule has 0 spiro atoms. The summed E-state index contributed by atoms with van der Waals surface area (Å²) < 4.78 is 7.45. The van der Waals surface area contributed by atoms with Crippen LogP contribution in [0.2, 0.25) is 0 Å². The Bertz CT molecular complexity index is 1090. The summed E-state index contributed by atoms with van der Waals surface area (Å²) in [6.45, 7) is 2.09. The van der Waals surface area contributed by atoms with E-state index in [2.05, 4.69) is 32.7 Å². The second-order valence-corrected chi connectivity index (χ2v) is 6.46. The summed E-state index contributed by atoms with van der Waals surface area (Å²) >= 11 is 0.